The highest BCUT2D eigenvalue weighted by molar-refractivity contribution is 7.15. The van der Waals surface area contributed by atoms with Crippen LogP contribution in [0, 0.1) is 24.0 Å². The molecule has 0 saturated heterocycles. The van der Waals surface area contributed by atoms with Gasteiger partial charge in [-0.2, -0.15) is 0 Å². The van der Waals surface area contributed by atoms with Crippen molar-refractivity contribution in [3.05, 3.63) is 40.4 Å². The Morgan fingerprint density at radius 2 is 1.96 bits per heavy atom. The maximum absolute atomic E-state index is 13.2. The third-order valence-corrected chi connectivity index (χ3v) is 5.34. The molecule has 0 aliphatic heterocycles. The normalized spacial score (nSPS) is 18.8. The summed E-state index contributed by atoms with van der Waals surface area (Å²) in [5.74, 6) is -1.55. The quantitative estimate of drug-likeness (QED) is 0.859. The largest absolute Gasteiger partial charge is 0.347 e. The van der Waals surface area contributed by atoms with Gasteiger partial charge in [0.15, 0.2) is 5.13 Å². The van der Waals surface area contributed by atoms with E-state index in [4.69, 9.17) is 0 Å². The third-order valence-electron chi connectivity index (χ3n) is 4.45. The summed E-state index contributed by atoms with van der Waals surface area (Å²) in [6, 6.07) is 3.31. The zero-order valence-electron chi connectivity index (χ0n) is 13.7. The van der Waals surface area contributed by atoms with Crippen LogP contribution in [0.1, 0.15) is 42.1 Å². The molecule has 24 heavy (non-hydrogen) atoms. The van der Waals surface area contributed by atoms with Gasteiger partial charge in [0.25, 0.3) is 5.91 Å². The Labute approximate surface area is 143 Å². The standard InChI is InChI=1S/C17H19F2N3OS/c1-9-14(15(23)21-13-4-5-17(13,2)3)22-16(24-9)20-12-7-10(18)6-11(19)8-12/h6-8,13H,4-5H2,1-3H3,(H,20,22)(H,21,23)/t13-/m1/s1. The van der Waals surface area contributed by atoms with Crippen molar-refractivity contribution in [2.45, 2.75) is 39.7 Å². The summed E-state index contributed by atoms with van der Waals surface area (Å²) in [6.07, 6.45) is 2.06. The molecule has 4 nitrogen and oxygen atoms in total. The SMILES string of the molecule is Cc1sc(Nc2cc(F)cc(F)c2)nc1C(=O)N[C@@H]1CCC1(C)C. The van der Waals surface area contributed by atoms with Crippen molar-refractivity contribution in [3.63, 3.8) is 0 Å². The molecular weight excluding hydrogens is 332 g/mol. The van der Waals surface area contributed by atoms with Gasteiger partial charge in [0.1, 0.15) is 17.3 Å². The van der Waals surface area contributed by atoms with E-state index in [1.54, 1.807) is 6.92 Å². The van der Waals surface area contributed by atoms with Gasteiger partial charge in [-0.1, -0.05) is 13.8 Å². The van der Waals surface area contributed by atoms with E-state index in [1.165, 1.54) is 23.5 Å². The minimum Gasteiger partial charge on any atom is -0.347 e. The zero-order valence-corrected chi connectivity index (χ0v) is 14.6. The van der Waals surface area contributed by atoms with Crippen molar-refractivity contribution in [1.82, 2.24) is 10.3 Å². The van der Waals surface area contributed by atoms with Crippen LogP contribution in [0.2, 0.25) is 0 Å². The van der Waals surface area contributed by atoms with E-state index >= 15 is 0 Å². The number of carbonyl (C=O) groups is 1. The third kappa shape index (κ3) is 3.40. The number of hydrogen-bond acceptors (Lipinski definition) is 4. The number of nitrogens with zero attached hydrogens (tertiary/aromatic N) is 1. The molecule has 1 amide bonds. The highest BCUT2D eigenvalue weighted by Crippen LogP contribution is 2.40. The number of hydrogen-bond donors (Lipinski definition) is 2. The average molecular weight is 351 g/mol. The van der Waals surface area contributed by atoms with E-state index < -0.39 is 11.6 Å². The molecule has 1 atom stereocenters. The van der Waals surface area contributed by atoms with Gasteiger partial charge in [-0.25, -0.2) is 13.8 Å². The van der Waals surface area contributed by atoms with Crippen LogP contribution in [0.15, 0.2) is 18.2 Å². The van der Waals surface area contributed by atoms with Gasteiger partial charge in [0.2, 0.25) is 0 Å². The van der Waals surface area contributed by atoms with Gasteiger partial charge in [-0.3, -0.25) is 4.79 Å². The van der Waals surface area contributed by atoms with Gasteiger partial charge in [-0.05, 0) is 37.3 Å². The van der Waals surface area contributed by atoms with Crippen molar-refractivity contribution in [1.29, 1.82) is 0 Å². The van der Waals surface area contributed by atoms with Crippen molar-refractivity contribution < 1.29 is 13.6 Å². The zero-order chi connectivity index (χ0) is 17.5. The summed E-state index contributed by atoms with van der Waals surface area (Å²) in [5, 5.41) is 6.29. The molecule has 1 aromatic heterocycles. The summed E-state index contributed by atoms with van der Waals surface area (Å²) in [7, 11) is 0. The Balaban J connectivity index is 1.74. The van der Waals surface area contributed by atoms with Crippen LogP contribution in [0.25, 0.3) is 0 Å². The lowest BCUT2D eigenvalue weighted by molar-refractivity contribution is 0.0728. The Hall–Kier alpha value is -2.02. The first-order valence-corrected chi connectivity index (χ1v) is 8.58. The topological polar surface area (TPSA) is 54.0 Å². The lowest BCUT2D eigenvalue weighted by atomic mass is 9.67. The second-order valence-corrected chi connectivity index (χ2v) is 7.96. The van der Waals surface area contributed by atoms with E-state index in [9.17, 15) is 13.6 Å². The Kier molecular flexibility index (Phi) is 4.29. The molecule has 2 N–H and O–H groups in total. The molecule has 3 rings (SSSR count). The van der Waals surface area contributed by atoms with Crippen molar-refractivity contribution in [2.75, 3.05) is 5.32 Å². The lowest BCUT2D eigenvalue weighted by Gasteiger charge is -2.44. The number of rotatable bonds is 4. The number of thiazole rings is 1. The fourth-order valence-corrected chi connectivity index (χ4v) is 3.60. The van der Waals surface area contributed by atoms with Gasteiger partial charge >= 0.3 is 0 Å². The molecule has 2 aromatic rings. The maximum atomic E-state index is 13.2. The number of amides is 1. The fourth-order valence-electron chi connectivity index (χ4n) is 2.77. The predicted octanol–water partition coefficient (Wildman–Crippen LogP) is 4.39. The van der Waals surface area contributed by atoms with E-state index in [-0.39, 0.29) is 23.1 Å². The smallest absolute Gasteiger partial charge is 0.271 e. The number of nitrogens with one attached hydrogen (secondary N) is 2. The second-order valence-electron chi connectivity index (χ2n) is 6.76. The van der Waals surface area contributed by atoms with Crippen LogP contribution in [-0.2, 0) is 0 Å². The van der Waals surface area contributed by atoms with Crippen LogP contribution < -0.4 is 10.6 Å². The Morgan fingerprint density at radius 1 is 1.29 bits per heavy atom. The molecule has 128 valence electrons. The van der Waals surface area contributed by atoms with Gasteiger partial charge < -0.3 is 10.6 Å². The van der Waals surface area contributed by atoms with Crippen molar-refractivity contribution in [2.24, 2.45) is 5.41 Å². The van der Waals surface area contributed by atoms with Crippen LogP contribution >= 0.6 is 11.3 Å². The average Bonchev–Trinajstić information content (AvgIpc) is 2.83. The van der Waals surface area contributed by atoms with Gasteiger partial charge in [0, 0.05) is 22.7 Å². The van der Waals surface area contributed by atoms with E-state index in [0.717, 1.165) is 23.8 Å². The summed E-state index contributed by atoms with van der Waals surface area (Å²) in [6.45, 7) is 6.05. The van der Waals surface area contributed by atoms with Crippen molar-refractivity contribution in [3.8, 4) is 0 Å². The number of halogens is 2. The minimum absolute atomic E-state index is 0.111. The van der Waals surface area contributed by atoms with Gasteiger partial charge in [0.05, 0.1) is 0 Å². The van der Waals surface area contributed by atoms with Crippen LogP contribution in [-0.4, -0.2) is 16.9 Å². The van der Waals surface area contributed by atoms with E-state index in [1.807, 2.05) is 0 Å². The minimum atomic E-state index is -0.670. The highest BCUT2D eigenvalue weighted by Gasteiger charge is 2.39. The monoisotopic (exact) mass is 351 g/mol. The van der Waals surface area contributed by atoms with E-state index in [2.05, 4.69) is 29.5 Å². The Bertz CT molecular complexity index is 768. The van der Waals surface area contributed by atoms with Gasteiger partial charge in [-0.15, -0.1) is 11.3 Å². The molecule has 1 heterocycles. The van der Waals surface area contributed by atoms with E-state index in [0.29, 0.717) is 10.8 Å². The molecule has 0 bridgehead atoms. The first-order chi connectivity index (χ1) is 11.2. The van der Waals surface area contributed by atoms with Crippen molar-refractivity contribution >= 4 is 28.1 Å². The summed E-state index contributed by atoms with van der Waals surface area (Å²) >= 11 is 1.27. The lowest BCUT2D eigenvalue weighted by Crippen LogP contribution is -2.52. The predicted molar refractivity (Wildman–Crippen MR) is 90.8 cm³/mol. The highest BCUT2D eigenvalue weighted by atomic mass is 32.1. The number of benzene rings is 1. The molecule has 7 heteroatoms. The Morgan fingerprint density at radius 3 is 2.50 bits per heavy atom. The van der Waals surface area contributed by atoms with Crippen LogP contribution in [0.3, 0.4) is 0 Å². The van der Waals surface area contributed by atoms with Crippen LogP contribution in [0.5, 0.6) is 0 Å². The molecule has 0 radical (unpaired) electrons. The molecule has 0 spiro atoms. The molecule has 1 saturated carbocycles. The summed E-state index contributed by atoms with van der Waals surface area (Å²) < 4.78 is 26.5. The summed E-state index contributed by atoms with van der Waals surface area (Å²) in [4.78, 5) is 17.4. The fraction of sp³-hybridized carbons (Fsp3) is 0.412. The molecule has 1 aliphatic rings. The molecule has 0 unspecified atom stereocenters. The molecular formula is C17H19F2N3OS. The molecule has 1 fully saturated rings. The molecule has 1 aromatic carbocycles. The number of anilines is 2. The summed E-state index contributed by atoms with van der Waals surface area (Å²) in [5.41, 5.74) is 0.718. The van der Waals surface area contributed by atoms with Crippen LogP contribution in [0.4, 0.5) is 19.6 Å². The number of aromatic nitrogens is 1. The first kappa shape index (κ1) is 16.8. The number of carbonyl (C=O) groups excluding carboxylic acids is 1. The maximum Gasteiger partial charge on any atom is 0.271 e. The molecule has 1 aliphatic carbocycles. The second kappa shape index (κ2) is 6.12. The first-order valence-electron chi connectivity index (χ1n) is 7.76. The number of aryl methyl sites for hydroxylation is 1.